The van der Waals surface area contributed by atoms with E-state index in [9.17, 15) is 0 Å². The molecule has 0 aromatic carbocycles. The van der Waals surface area contributed by atoms with E-state index in [-0.39, 0.29) is 5.84 Å². The highest BCUT2D eigenvalue weighted by atomic mass is 16.4. The normalized spacial score (nSPS) is 11.9. The topological polar surface area (TPSA) is 87.6 Å². The molecule has 6 nitrogen and oxygen atoms in total. The first-order chi connectivity index (χ1) is 7.54. The molecule has 0 aliphatic rings. The first-order valence-electron chi connectivity index (χ1n) is 5.05. The highest BCUT2D eigenvalue weighted by molar-refractivity contribution is 5.94. The molecule has 0 spiro atoms. The molecular formula is C10H17N5O. The maximum atomic E-state index is 8.47. The zero-order valence-electron chi connectivity index (χ0n) is 9.75. The number of aromatic nitrogens is 2. The lowest BCUT2D eigenvalue weighted by Crippen LogP contribution is -2.24. The minimum Gasteiger partial charge on any atom is -0.409 e. The second kappa shape index (κ2) is 5.29. The summed E-state index contributed by atoms with van der Waals surface area (Å²) < 4.78 is 0. The average molecular weight is 223 g/mol. The van der Waals surface area contributed by atoms with Crippen molar-refractivity contribution in [2.75, 3.05) is 18.5 Å². The number of amidine groups is 1. The molecule has 1 rings (SSSR count). The monoisotopic (exact) mass is 223 g/mol. The summed E-state index contributed by atoms with van der Waals surface area (Å²) in [7, 11) is 1.95. The molecule has 0 atom stereocenters. The van der Waals surface area contributed by atoms with E-state index in [1.165, 1.54) is 6.20 Å². The van der Waals surface area contributed by atoms with Crippen LogP contribution in [-0.2, 0) is 0 Å². The van der Waals surface area contributed by atoms with E-state index in [4.69, 9.17) is 10.9 Å². The molecule has 0 aliphatic carbocycles. The second-order valence-electron chi connectivity index (χ2n) is 4.02. The smallest absolute Gasteiger partial charge is 0.190 e. The number of anilines is 1. The van der Waals surface area contributed by atoms with Gasteiger partial charge in [-0.1, -0.05) is 19.0 Å². The largest absolute Gasteiger partial charge is 0.409 e. The number of hydrogen-bond donors (Lipinski definition) is 2. The number of nitrogens with two attached hydrogens (primary N) is 1. The third-order valence-electron chi connectivity index (χ3n) is 2.04. The van der Waals surface area contributed by atoms with Crippen molar-refractivity contribution in [2.45, 2.75) is 13.8 Å². The zero-order chi connectivity index (χ0) is 12.1. The Kier molecular flexibility index (Phi) is 4.04. The van der Waals surface area contributed by atoms with Crippen LogP contribution in [0.4, 0.5) is 5.82 Å². The number of rotatable bonds is 4. The van der Waals surface area contributed by atoms with Crippen molar-refractivity contribution in [1.82, 2.24) is 9.97 Å². The summed E-state index contributed by atoms with van der Waals surface area (Å²) in [6.45, 7) is 5.17. The Morgan fingerprint density at radius 1 is 1.50 bits per heavy atom. The molecule has 3 N–H and O–H groups in total. The zero-order valence-corrected chi connectivity index (χ0v) is 9.75. The fourth-order valence-electron chi connectivity index (χ4n) is 1.34. The van der Waals surface area contributed by atoms with Crippen molar-refractivity contribution in [3.05, 3.63) is 18.1 Å². The Balaban J connectivity index is 2.78. The molecule has 0 saturated carbocycles. The molecule has 1 aromatic rings. The summed E-state index contributed by atoms with van der Waals surface area (Å²) in [5.74, 6) is 1.28. The molecule has 1 aromatic heterocycles. The maximum Gasteiger partial charge on any atom is 0.190 e. The van der Waals surface area contributed by atoms with E-state index in [2.05, 4.69) is 29.0 Å². The van der Waals surface area contributed by atoms with E-state index in [0.717, 1.165) is 12.4 Å². The molecule has 0 radical (unpaired) electrons. The van der Waals surface area contributed by atoms with Gasteiger partial charge in [0.2, 0.25) is 0 Å². The summed E-state index contributed by atoms with van der Waals surface area (Å²) in [4.78, 5) is 10.3. The fourth-order valence-corrected chi connectivity index (χ4v) is 1.34. The predicted molar refractivity (Wildman–Crippen MR) is 62.7 cm³/mol. The molecule has 0 bridgehead atoms. The highest BCUT2D eigenvalue weighted by Crippen LogP contribution is 2.08. The van der Waals surface area contributed by atoms with Crippen LogP contribution in [0.25, 0.3) is 0 Å². The van der Waals surface area contributed by atoms with Gasteiger partial charge in [-0.25, -0.2) is 9.97 Å². The van der Waals surface area contributed by atoms with Crippen molar-refractivity contribution in [3.63, 3.8) is 0 Å². The van der Waals surface area contributed by atoms with Crippen molar-refractivity contribution in [3.8, 4) is 0 Å². The van der Waals surface area contributed by atoms with Crippen LogP contribution in [0.2, 0.25) is 0 Å². The van der Waals surface area contributed by atoms with Crippen LogP contribution in [0.3, 0.4) is 0 Å². The third kappa shape index (κ3) is 3.08. The Morgan fingerprint density at radius 2 is 2.19 bits per heavy atom. The standard InChI is InChI=1S/C10H17N5O/c1-7(2)6-15(3)9-5-12-8(4-13-9)10(11)14-16/h4-5,7,16H,6H2,1-3H3,(H2,11,14). The lowest BCUT2D eigenvalue weighted by atomic mass is 10.2. The summed E-state index contributed by atoms with van der Waals surface area (Å²) in [5.41, 5.74) is 5.75. The second-order valence-corrected chi connectivity index (χ2v) is 4.02. The quantitative estimate of drug-likeness (QED) is 0.339. The first kappa shape index (κ1) is 12.2. The van der Waals surface area contributed by atoms with Crippen LogP contribution in [0, 0.1) is 5.92 Å². The summed E-state index contributed by atoms with van der Waals surface area (Å²) in [6, 6.07) is 0. The summed E-state index contributed by atoms with van der Waals surface area (Å²) >= 11 is 0. The molecule has 16 heavy (non-hydrogen) atoms. The van der Waals surface area contributed by atoms with Crippen LogP contribution in [0.5, 0.6) is 0 Å². The van der Waals surface area contributed by atoms with Crippen molar-refractivity contribution in [2.24, 2.45) is 16.8 Å². The Hall–Kier alpha value is -1.85. The molecule has 6 heteroatoms. The Morgan fingerprint density at radius 3 is 2.62 bits per heavy atom. The minimum absolute atomic E-state index is 0.0365. The van der Waals surface area contributed by atoms with E-state index >= 15 is 0 Å². The van der Waals surface area contributed by atoms with Gasteiger partial charge in [-0.2, -0.15) is 0 Å². The van der Waals surface area contributed by atoms with E-state index in [0.29, 0.717) is 11.6 Å². The van der Waals surface area contributed by atoms with Gasteiger partial charge in [0, 0.05) is 13.6 Å². The minimum atomic E-state index is -0.0365. The molecule has 0 saturated heterocycles. The predicted octanol–water partition coefficient (Wildman–Crippen LogP) is 0.663. The van der Waals surface area contributed by atoms with E-state index in [1.807, 2.05) is 11.9 Å². The van der Waals surface area contributed by atoms with Gasteiger partial charge >= 0.3 is 0 Å². The van der Waals surface area contributed by atoms with Gasteiger partial charge in [0.15, 0.2) is 5.84 Å². The van der Waals surface area contributed by atoms with Crippen molar-refractivity contribution < 1.29 is 5.21 Å². The van der Waals surface area contributed by atoms with Crippen LogP contribution in [-0.4, -0.2) is 34.6 Å². The first-order valence-corrected chi connectivity index (χ1v) is 5.05. The number of hydrogen-bond acceptors (Lipinski definition) is 5. The van der Waals surface area contributed by atoms with Gasteiger partial charge in [0.1, 0.15) is 11.5 Å². The third-order valence-corrected chi connectivity index (χ3v) is 2.04. The lowest BCUT2D eigenvalue weighted by molar-refractivity contribution is 0.318. The molecule has 0 unspecified atom stereocenters. The van der Waals surface area contributed by atoms with Crippen LogP contribution < -0.4 is 10.6 Å². The Labute approximate surface area is 94.8 Å². The molecular weight excluding hydrogens is 206 g/mol. The van der Waals surface area contributed by atoms with Crippen molar-refractivity contribution in [1.29, 1.82) is 0 Å². The van der Waals surface area contributed by atoms with Gasteiger partial charge in [-0.15, -0.1) is 0 Å². The van der Waals surface area contributed by atoms with Gasteiger partial charge < -0.3 is 15.8 Å². The lowest BCUT2D eigenvalue weighted by Gasteiger charge is -2.19. The number of nitrogens with zero attached hydrogens (tertiary/aromatic N) is 4. The molecule has 0 fully saturated rings. The van der Waals surface area contributed by atoms with E-state index < -0.39 is 0 Å². The van der Waals surface area contributed by atoms with Crippen LogP contribution >= 0.6 is 0 Å². The molecule has 0 aliphatic heterocycles. The van der Waals surface area contributed by atoms with Crippen molar-refractivity contribution >= 4 is 11.7 Å². The molecule has 88 valence electrons. The summed E-state index contributed by atoms with van der Waals surface area (Å²) in [6.07, 6.45) is 3.09. The van der Waals surface area contributed by atoms with E-state index in [1.54, 1.807) is 6.20 Å². The van der Waals surface area contributed by atoms with Crippen LogP contribution in [0.15, 0.2) is 17.5 Å². The highest BCUT2D eigenvalue weighted by Gasteiger charge is 2.07. The SMILES string of the molecule is CC(C)CN(C)c1cnc(C(N)=NO)cn1. The maximum absolute atomic E-state index is 8.47. The van der Waals surface area contributed by atoms with Gasteiger partial charge in [-0.3, -0.25) is 0 Å². The van der Waals surface area contributed by atoms with Gasteiger partial charge in [0.05, 0.1) is 12.4 Å². The average Bonchev–Trinajstić information content (AvgIpc) is 2.27. The van der Waals surface area contributed by atoms with Crippen LogP contribution in [0.1, 0.15) is 19.5 Å². The number of oxime groups is 1. The summed E-state index contributed by atoms with van der Waals surface area (Å²) in [5, 5.41) is 11.3. The molecule has 0 amide bonds. The molecule has 1 heterocycles. The van der Waals surface area contributed by atoms with Gasteiger partial charge in [0.25, 0.3) is 0 Å². The van der Waals surface area contributed by atoms with Gasteiger partial charge in [-0.05, 0) is 5.92 Å². The fraction of sp³-hybridized carbons (Fsp3) is 0.500. The Bertz CT molecular complexity index is 360.